The number of hydrogen-bond acceptors (Lipinski definition) is 4. The topological polar surface area (TPSA) is 55.8 Å². The Kier molecular flexibility index (Phi) is 5.69. The summed E-state index contributed by atoms with van der Waals surface area (Å²) in [5.41, 5.74) is 1.20. The number of methoxy groups -OCH3 is 2. The lowest BCUT2D eigenvalue weighted by atomic mass is 9.91. The fourth-order valence-corrected chi connectivity index (χ4v) is 4.05. The zero-order valence-electron chi connectivity index (χ0n) is 13.5. The van der Waals surface area contributed by atoms with Crippen LogP contribution in [0.1, 0.15) is 25.3 Å². The van der Waals surface area contributed by atoms with Crippen molar-refractivity contribution in [2.45, 2.75) is 26.2 Å². The van der Waals surface area contributed by atoms with Crippen molar-refractivity contribution >= 4 is 10.0 Å². The molecule has 0 bridgehead atoms. The van der Waals surface area contributed by atoms with Crippen molar-refractivity contribution < 1.29 is 17.9 Å². The van der Waals surface area contributed by atoms with Gasteiger partial charge in [0.05, 0.1) is 20.0 Å². The van der Waals surface area contributed by atoms with E-state index in [1.54, 1.807) is 25.4 Å². The Morgan fingerprint density at radius 2 is 1.77 bits per heavy atom. The van der Waals surface area contributed by atoms with Crippen LogP contribution >= 0.6 is 0 Å². The minimum atomic E-state index is -3.04. The van der Waals surface area contributed by atoms with Gasteiger partial charge in [0, 0.05) is 13.1 Å². The molecule has 22 heavy (non-hydrogen) atoms. The van der Waals surface area contributed by atoms with Crippen LogP contribution in [0.3, 0.4) is 0 Å². The van der Waals surface area contributed by atoms with E-state index in [0.717, 1.165) is 30.8 Å². The van der Waals surface area contributed by atoms with Gasteiger partial charge in [-0.1, -0.05) is 6.07 Å². The fourth-order valence-electron chi connectivity index (χ4n) is 2.92. The predicted octanol–water partition coefficient (Wildman–Crippen LogP) is 2.31. The molecule has 1 fully saturated rings. The number of sulfonamides is 1. The Bertz CT molecular complexity index is 592. The largest absolute Gasteiger partial charge is 0.493 e. The molecule has 6 heteroatoms. The SMILES string of the molecule is CCS(=O)(=O)N1CCC(Cc2ccc(OC)c(OC)c2)CC1. The van der Waals surface area contributed by atoms with E-state index in [4.69, 9.17) is 9.47 Å². The third-order valence-electron chi connectivity index (χ3n) is 4.30. The Labute approximate surface area is 133 Å². The van der Waals surface area contributed by atoms with Gasteiger partial charge in [-0.25, -0.2) is 12.7 Å². The second kappa shape index (κ2) is 7.33. The molecule has 0 spiro atoms. The van der Waals surface area contributed by atoms with Crippen molar-refractivity contribution in [1.82, 2.24) is 4.31 Å². The second-order valence-corrected chi connectivity index (χ2v) is 7.89. The van der Waals surface area contributed by atoms with E-state index in [1.807, 2.05) is 12.1 Å². The van der Waals surface area contributed by atoms with Crippen LogP contribution in [0.15, 0.2) is 18.2 Å². The average Bonchev–Trinajstić information content (AvgIpc) is 2.55. The lowest BCUT2D eigenvalue weighted by molar-refractivity contribution is 0.273. The summed E-state index contributed by atoms with van der Waals surface area (Å²) >= 11 is 0. The molecule has 0 amide bonds. The number of nitrogens with zero attached hydrogens (tertiary/aromatic N) is 1. The maximum absolute atomic E-state index is 11.9. The number of rotatable bonds is 6. The minimum Gasteiger partial charge on any atom is -0.493 e. The lowest BCUT2D eigenvalue weighted by Crippen LogP contribution is -2.39. The second-order valence-electron chi connectivity index (χ2n) is 5.64. The van der Waals surface area contributed by atoms with Crippen molar-refractivity contribution in [3.63, 3.8) is 0 Å². The summed E-state index contributed by atoms with van der Waals surface area (Å²) in [5, 5.41) is 0. The van der Waals surface area contributed by atoms with E-state index < -0.39 is 10.0 Å². The molecule has 1 aromatic rings. The van der Waals surface area contributed by atoms with Gasteiger partial charge in [-0.15, -0.1) is 0 Å². The molecule has 1 aliphatic heterocycles. The maximum atomic E-state index is 11.9. The Hall–Kier alpha value is -1.27. The van der Waals surface area contributed by atoms with Crippen molar-refractivity contribution in [1.29, 1.82) is 0 Å². The molecule has 5 nitrogen and oxygen atoms in total. The first-order chi connectivity index (χ1) is 10.5. The van der Waals surface area contributed by atoms with E-state index in [2.05, 4.69) is 6.07 Å². The molecule has 0 radical (unpaired) electrons. The van der Waals surface area contributed by atoms with Crippen molar-refractivity contribution in [2.24, 2.45) is 5.92 Å². The summed E-state index contributed by atoms with van der Waals surface area (Å²) in [6.07, 6.45) is 2.77. The molecule has 0 aliphatic carbocycles. The third kappa shape index (κ3) is 3.93. The van der Waals surface area contributed by atoms with Crippen molar-refractivity contribution in [3.05, 3.63) is 23.8 Å². The van der Waals surface area contributed by atoms with Gasteiger partial charge >= 0.3 is 0 Å². The molecule has 1 heterocycles. The molecule has 0 aromatic heterocycles. The van der Waals surface area contributed by atoms with Crippen LogP contribution in [0.2, 0.25) is 0 Å². The van der Waals surface area contributed by atoms with Gasteiger partial charge in [0.2, 0.25) is 10.0 Å². The quantitative estimate of drug-likeness (QED) is 0.804. The lowest BCUT2D eigenvalue weighted by Gasteiger charge is -2.31. The summed E-state index contributed by atoms with van der Waals surface area (Å²) in [6.45, 7) is 2.97. The molecule has 1 aliphatic rings. The van der Waals surface area contributed by atoms with Crippen LogP contribution in [0.5, 0.6) is 11.5 Å². The summed E-state index contributed by atoms with van der Waals surface area (Å²) in [5.74, 6) is 2.18. The summed E-state index contributed by atoms with van der Waals surface area (Å²) in [6, 6.07) is 5.98. The van der Waals surface area contributed by atoms with E-state index in [1.165, 1.54) is 5.56 Å². The number of benzene rings is 1. The first-order valence-corrected chi connectivity index (χ1v) is 9.29. The fraction of sp³-hybridized carbons (Fsp3) is 0.625. The number of piperidine rings is 1. The van der Waals surface area contributed by atoms with Gasteiger partial charge in [-0.3, -0.25) is 0 Å². The van der Waals surface area contributed by atoms with Crippen LogP contribution < -0.4 is 9.47 Å². The first kappa shape index (κ1) is 17.1. The van der Waals surface area contributed by atoms with E-state index in [0.29, 0.717) is 19.0 Å². The Balaban J connectivity index is 1.96. The van der Waals surface area contributed by atoms with Crippen molar-refractivity contribution in [3.8, 4) is 11.5 Å². The summed E-state index contributed by atoms with van der Waals surface area (Å²) in [4.78, 5) is 0. The molecular weight excluding hydrogens is 302 g/mol. The van der Waals surface area contributed by atoms with Gasteiger partial charge in [-0.05, 0) is 49.8 Å². The van der Waals surface area contributed by atoms with Gasteiger partial charge in [-0.2, -0.15) is 0 Å². The van der Waals surface area contributed by atoms with Crippen LogP contribution in [0, 0.1) is 5.92 Å². The highest BCUT2D eigenvalue weighted by atomic mass is 32.2. The molecule has 0 N–H and O–H groups in total. The molecule has 1 aromatic carbocycles. The number of hydrogen-bond donors (Lipinski definition) is 0. The standard InChI is InChI=1S/C16H25NO4S/c1-4-22(18,19)17-9-7-13(8-10-17)11-14-5-6-15(20-2)16(12-14)21-3/h5-6,12-13H,4,7-11H2,1-3H3. The van der Waals surface area contributed by atoms with Crippen molar-refractivity contribution in [2.75, 3.05) is 33.1 Å². The first-order valence-electron chi connectivity index (χ1n) is 7.69. The number of ether oxygens (including phenoxy) is 2. The zero-order valence-corrected chi connectivity index (χ0v) is 14.4. The maximum Gasteiger partial charge on any atom is 0.213 e. The zero-order chi connectivity index (χ0) is 16.2. The van der Waals surface area contributed by atoms with Gasteiger partial charge in [0.25, 0.3) is 0 Å². The Morgan fingerprint density at radius 3 is 2.32 bits per heavy atom. The van der Waals surface area contributed by atoms with Crippen LogP contribution in [-0.2, 0) is 16.4 Å². The Morgan fingerprint density at radius 1 is 1.14 bits per heavy atom. The van der Waals surface area contributed by atoms with Gasteiger partial charge in [0.1, 0.15) is 0 Å². The predicted molar refractivity (Wildman–Crippen MR) is 87.0 cm³/mol. The monoisotopic (exact) mass is 327 g/mol. The molecular formula is C16H25NO4S. The highest BCUT2D eigenvalue weighted by Crippen LogP contribution is 2.30. The molecule has 0 unspecified atom stereocenters. The van der Waals surface area contributed by atoms with Crippen LogP contribution in [-0.4, -0.2) is 45.8 Å². The van der Waals surface area contributed by atoms with E-state index in [-0.39, 0.29) is 5.75 Å². The summed E-state index contributed by atoms with van der Waals surface area (Å²) < 4.78 is 35.9. The van der Waals surface area contributed by atoms with Crippen LogP contribution in [0.25, 0.3) is 0 Å². The molecule has 2 rings (SSSR count). The minimum absolute atomic E-state index is 0.188. The van der Waals surface area contributed by atoms with Gasteiger partial charge in [0.15, 0.2) is 11.5 Å². The highest BCUT2D eigenvalue weighted by molar-refractivity contribution is 7.89. The highest BCUT2D eigenvalue weighted by Gasteiger charge is 2.26. The summed E-state index contributed by atoms with van der Waals surface area (Å²) in [7, 11) is 0.221. The van der Waals surface area contributed by atoms with E-state index >= 15 is 0 Å². The normalized spacial score (nSPS) is 17.4. The van der Waals surface area contributed by atoms with E-state index in [9.17, 15) is 8.42 Å². The van der Waals surface area contributed by atoms with Crippen LogP contribution in [0.4, 0.5) is 0 Å². The average molecular weight is 327 g/mol. The molecule has 124 valence electrons. The molecule has 1 saturated heterocycles. The third-order valence-corrected chi connectivity index (χ3v) is 6.19. The molecule has 0 saturated carbocycles. The smallest absolute Gasteiger partial charge is 0.213 e. The molecule has 0 atom stereocenters. The van der Waals surface area contributed by atoms with Gasteiger partial charge < -0.3 is 9.47 Å².